The Balaban J connectivity index is 1.90. The average molecular weight is 477 g/mol. The molecule has 0 spiro atoms. The molecule has 0 bridgehead atoms. The number of anilines is 2. The van der Waals surface area contributed by atoms with Crippen LogP contribution < -0.4 is 14.8 Å². The number of fused-ring (bicyclic) bond motifs is 1. The molecule has 0 saturated carbocycles. The van der Waals surface area contributed by atoms with Crippen molar-refractivity contribution in [3.63, 3.8) is 0 Å². The van der Waals surface area contributed by atoms with Gasteiger partial charge in [-0.25, -0.2) is 18.7 Å². The second-order valence-electron chi connectivity index (χ2n) is 6.22. The lowest BCUT2D eigenvalue weighted by atomic mass is 10.2. The van der Waals surface area contributed by atoms with Gasteiger partial charge in [-0.3, -0.25) is 0 Å². The summed E-state index contributed by atoms with van der Waals surface area (Å²) < 4.78 is 95.8. The van der Waals surface area contributed by atoms with Gasteiger partial charge in [-0.1, -0.05) is 6.07 Å². The number of alkyl halides is 4. The van der Waals surface area contributed by atoms with Gasteiger partial charge in [0.25, 0.3) is 0 Å². The molecule has 2 aromatic carbocycles. The zero-order chi connectivity index (χ0) is 23.8. The molecule has 13 heteroatoms. The summed E-state index contributed by atoms with van der Waals surface area (Å²) in [4.78, 5) is 8.05. The van der Waals surface area contributed by atoms with E-state index >= 15 is 0 Å². The molecule has 178 valence electrons. The normalized spacial score (nSPS) is 11.4. The fourth-order valence-electron chi connectivity index (χ4n) is 2.70. The van der Waals surface area contributed by atoms with Crippen LogP contribution in [0.3, 0.4) is 0 Å². The third-order valence-electron chi connectivity index (χ3n) is 4.08. The molecule has 1 aromatic heterocycles. The first-order valence-electron chi connectivity index (χ1n) is 9.40. The molecule has 0 aliphatic carbocycles. The number of benzene rings is 2. The Labute approximate surface area is 183 Å². The number of hydrogen-bond donors (Lipinski definition) is 1. The van der Waals surface area contributed by atoms with Gasteiger partial charge in [0.05, 0.1) is 18.7 Å². The Bertz CT molecular complexity index is 1050. The van der Waals surface area contributed by atoms with E-state index < -0.39 is 43.8 Å². The largest absolute Gasteiger partial charge is 0.487 e. The second-order valence-corrected chi connectivity index (χ2v) is 6.22. The van der Waals surface area contributed by atoms with Gasteiger partial charge in [-0.2, -0.15) is 17.6 Å². The van der Waals surface area contributed by atoms with E-state index in [0.717, 1.165) is 18.5 Å². The summed E-state index contributed by atoms with van der Waals surface area (Å²) in [6.07, 6.45) is 1.13. The van der Waals surface area contributed by atoms with Crippen LogP contribution in [0.15, 0.2) is 36.7 Å². The van der Waals surface area contributed by atoms with Crippen LogP contribution in [0.2, 0.25) is 0 Å². The van der Waals surface area contributed by atoms with Crippen molar-refractivity contribution in [2.24, 2.45) is 0 Å². The summed E-state index contributed by atoms with van der Waals surface area (Å²) >= 11 is 0. The lowest BCUT2D eigenvalue weighted by Crippen LogP contribution is -2.12. The van der Waals surface area contributed by atoms with Crippen LogP contribution in [-0.2, 0) is 9.47 Å². The average Bonchev–Trinajstić information content (AvgIpc) is 2.76. The summed E-state index contributed by atoms with van der Waals surface area (Å²) in [7, 11) is 0. The maximum atomic E-state index is 14.0. The van der Waals surface area contributed by atoms with Gasteiger partial charge in [0, 0.05) is 11.5 Å². The summed E-state index contributed by atoms with van der Waals surface area (Å²) in [5, 5.41) is 2.80. The Morgan fingerprint density at radius 3 is 1.94 bits per heavy atom. The molecule has 3 aromatic rings. The Morgan fingerprint density at radius 1 is 0.788 bits per heavy atom. The number of halogens is 6. The van der Waals surface area contributed by atoms with Crippen LogP contribution >= 0.6 is 0 Å². The molecule has 0 unspecified atom stereocenters. The number of ether oxygens (including phenoxy) is 4. The van der Waals surface area contributed by atoms with Crippen molar-refractivity contribution in [2.45, 2.75) is 13.2 Å². The number of aromatic nitrogens is 2. The van der Waals surface area contributed by atoms with Crippen molar-refractivity contribution < 1.29 is 45.3 Å². The lowest BCUT2D eigenvalue weighted by molar-refractivity contribution is -0.134. The molecule has 33 heavy (non-hydrogen) atoms. The van der Waals surface area contributed by atoms with E-state index in [9.17, 15) is 26.3 Å². The quantitative estimate of drug-likeness (QED) is 0.294. The monoisotopic (exact) mass is 477 g/mol. The van der Waals surface area contributed by atoms with E-state index in [2.05, 4.69) is 24.8 Å². The van der Waals surface area contributed by atoms with E-state index in [1.807, 2.05) is 0 Å². The highest BCUT2D eigenvalue weighted by molar-refractivity contribution is 5.93. The van der Waals surface area contributed by atoms with Crippen LogP contribution in [0.1, 0.15) is 0 Å². The Kier molecular flexibility index (Phi) is 8.49. The molecule has 0 radical (unpaired) electrons. The topological polar surface area (TPSA) is 74.7 Å². The smallest absolute Gasteiger partial charge is 0.345 e. The SMILES string of the molecule is Fc1cccc(F)c1Nc1ncnc2cc(OCCOC(F)F)c(OCCOC(F)F)cc12. The van der Waals surface area contributed by atoms with Gasteiger partial charge in [0.2, 0.25) is 0 Å². The van der Waals surface area contributed by atoms with Crippen LogP contribution in [0.25, 0.3) is 10.9 Å². The van der Waals surface area contributed by atoms with E-state index in [0.29, 0.717) is 0 Å². The highest BCUT2D eigenvalue weighted by Gasteiger charge is 2.16. The number of hydrogen-bond acceptors (Lipinski definition) is 7. The highest BCUT2D eigenvalue weighted by atomic mass is 19.3. The summed E-state index contributed by atoms with van der Waals surface area (Å²) in [6.45, 7) is -7.46. The maximum absolute atomic E-state index is 14.0. The first-order chi connectivity index (χ1) is 15.8. The third kappa shape index (κ3) is 6.83. The molecule has 1 heterocycles. The van der Waals surface area contributed by atoms with Crippen molar-refractivity contribution in [1.29, 1.82) is 0 Å². The molecular weight excluding hydrogens is 460 g/mol. The third-order valence-corrected chi connectivity index (χ3v) is 4.08. The summed E-state index contributed by atoms with van der Waals surface area (Å²) in [5.74, 6) is -1.66. The van der Waals surface area contributed by atoms with Gasteiger partial charge in [-0.15, -0.1) is 0 Å². The van der Waals surface area contributed by atoms with E-state index in [4.69, 9.17) is 9.47 Å². The Morgan fingerprint density at radius 2 is 1.36 bits per heavy atom. The lowest BCUT2D eigenvalue weighted by Gasteiger charge is -2.16. The molecule has 7 nitrogen and oxygen atoms in total. The molecule has 0 saturated heterocycles. The Hall–Kier alpha value is -3.32. The zero-order valence-electron chi connectivity index (χ0n) is 16.7. The van der Waals surface area contributed by atoms with Gasteiger partial charge < -0.3 is 24.3 Å². The van der Waals surface area contributed by atoms with Gasteiger partial charge in [0.15, 0.2) is 11.5 Å². The predicted octanol–water partition coefficient (Wildman–Crippen LogP) is 4.89. The van der Waals surface area contributed by atoms with Crippen molar-refractivity contribution in [2.75, 3.05) is 31.7 Å². The number of nitrogens with zero attached hydrogens (tertiary/aromatic N) is 2. The van der Waals surface area contributed by atoms with Crippen molar-refractivity contribution >= 4 is 22.4 Å². The van der Waals surface area contributed by atoms with Crippen LogP contribution in [0.4, 0.5) is 37.8 Å². The highest BCUT2D eigenvalue weighted by Crippen LogP contribution is 2.35. The zero-order valence-corrected chi connectivity index (χ0v) is 16.7. The maximum Gasteiger partial charge on any atom is 0.345 e. The summed E-state index contributed by atoms with van der Waals surface area (Å²) in [6, 6.07) is 6.02. The van der Waals surface area contributed by atoms with Gasteiger partial charge >= 0.3 is 13.2 Å². The van der Waals surface area contributed by atoms with Crippen LogP contribution in [0, 0.1) is 11.6 Å². The number of para-hydroxylation sites is 1. The molecule has 1 N–H and O–H groups in total. The number of rotatable bonds is 12. The van der Waals surface area contributed by atoms with E-state index in [1.54, 1.807) is 0 Å². The van der Waals surface area contributed by atoms with Gasteiger partial charge in [-0.05, 0) is 18.2 Å². The molecule has 0 amide bonds. The minimum atomic E-state index is -2.99. The van der Waals surface area contributed by atoms with E-state index in [-0.39, 0.29) is 41.4 Å². The van der Waals surface area contributed by atoms with Crippen molar-refractivity contribution in [3.05, 3.63) is 48.3 Å². The second kappa shape index (κ2) is 11.5. The number of nitrogens with one attached hydrogen (secondary N) is 1. The fourth-order valence-corrected chi connectivity index (χ4v) is 2.70. The van der Waals surface area contributed by atoms with Crippen LogP contribution in [-0.4, -0.2) is 49.6 Å². The van der Waals surface area contributed by atoms with Crippen molar-refractivity contribution in [1.82, 2.24) is 9.97 Å². The van der Waals surface area contributed by atoms with E-state index in [1.165, 1.54) is 18.2 Å². The molecule has 0 fully saturated rings. The standard InChI is InChI=1S/C20H17F6N3O4/c21-12-2-1-3-13(22)17(12)29-18-11-8-15(30-4-6-32-19(23)24)16(9-14(11)27-10-28-18)31-5-7-33-20(25)26/h1-3,8-10,19-20H,4-7H2,(H,27,28,29). The molecule has 0 atom stereocenters. The minimum absolute atomic E-state index is 0.00395. The van der Waals surface area contributed by atoms with Gasteiger partial charge in [0.1, 0.15) is 42.7 Å². The van der Waals surface area contributed by atoms with Crippen molar-refractivity contribution in [3.8, 4) is 11.5 Å². The summed E-state index contributed by atoms with van der Waals surface area (Å²) in [5.41, 5.74) is -0.194. The molecule has 0 aliphatic heterocycles. The molecule has 3 rings (SSSR count). The first-order valence-corrected chi connectivity index (χ1v) is 9.40. The minimum Gasteiger partial charge on any atom is -0.487 e. The fraction of sp³-hybridized carbons (Fsp3) is 0.300. The first kappa shape index (κ1) is 24.3. The molecular formula is C20H17F6N3O4. The van der Waals surface area contributed by atoms with Crippen LogP contribution in [0.5, 0.6) is 11.5 Å². The molecule has 0 aliphatic rings. The predicted molar refractivity (Wildman–Crippen MR) is 104 cm³/mol.